The number of benzene rings is 1. The molecule has 1 aliphatic heterocycles. The predicted molar refractivity (Wildman–Crippen MR) is 95.0 cm³/mol. The van der Waals surface area contributed by atoms with Crippen LogP contribution in [0.2, 0.25) is 0 Å². The van der Waals surface area contributed by atoms with E-state index < -0.39 is 5.91 Å². The zero-order valence-corrected chi connectivity index (χ0v) is 14.1. The summed E-state index contributed by atoms with van der Waals surface area (Å²) in [5, 5.41) is 2.94. The maximum Gasteiger partial charge on any atom is 0.322 e. The smallest absolute Gasteiger partial charge is 0.322 e. The topological polar surface area (TPSA) is 88.6 Å². The first-order chi connectivity index (χ1) is 12.1. The summed E-state index contributed by atoms with van der Waals surface area (Å²) in [6, 6.07) is 10.7. The first-order valence-electron chi connectivity index (χ1n) is 8.62. The van der Waals surface area contributed by atoms with E-state index in [1.54, 1.807) is 18.4 Å². The zero-order valence-electron chi connectivity index (χ0n) is 14.1. The second kappa shape index (κ2) is 7.88. The zero-order chi connectivity index (χ0) is 17.6. The molecule has 6 heteroatoms. The van der Waals surface area contributed by atoms with E-state index in [0.29, 0.717) is 17.8 Å². The van der Waals surface area contributed by atoms with Gasteiger partial charge in [0.25, 0.3) is 0 Å². The molecular weight excluding hydrogens is 318 g/mol. The van der Waals surface area contributed by atoms with E-state index in [2.05, 4.69) is 5.32 Å². The number of nitrogens with one attached hydrogen (secondary N) is 1. The molecule has 1 fully saturated rings. The number of amides is 3. The van der Waals surface area contributed by atoms with Crippen LogP contribution in [-0.4, -0.2) is 23.4 Å². The molecule has 0 unspecified atom stereocenters. The number of furan rings is 1. The molecule has 0 saturated carbocycles. The van der Waals surface area contributed by atoms with Crippen LogP contribution >= 0.6 is 0 Å². The van der Waals surface area contributed by atoms with Crippen molar-refractivity contribution < 1.29 is 14.0 Å². The molecule has 1 aliphatic rings. The highest BCUT2D eigenvalue weighted by molar-refractivity contribution is 5.91. The van der Waals surface area contributed by atoms with Crippen LogP contribution in [0, 0.1) is 0 Å². The highest BCUT2D eigenvalue weighted by Crippen LogP contribution is 2.31. The summed E-state index contributed by atoms with van der Waals surface area (Å²) in [6.07, 6.45) is 5.74. The van der Waals surface area contributed by atoms with Crippen LogP contribution in [0.4, 0.5) is 10.5 Å². The van der Waals surface area contributed by atoms with E-state index in [-0.39, 0.29) is 18.5 Å². The number of hydrogen-bond donors (Lipinski definition) is 2. The van der Waals surface area contributed by atoms with Gasteiger partial charge in [0.05, 0.1) is 18.7 Å². The largest absolute Gasteiger partial charge is 0.467 e. The van der Waals surface area contributed by atoms with Gasteiger partial charge in [0, 0.05) is 12.2 Å². The van der Waals surface area contributed by atoms with Crippen molar-refractivity contribution in [1.82, 2.24) is 4.90 Å². The Morgan fingerprint density at radius 3 is 2.76 bits per heavy atom. The molecule has 0 spiro atoms. The molecule has 1 saturated heterocycles. The Balaban J connectivity index is 1.80. The van der Waals surface area contributed by atoms with E-state index in [1.807, 2.05) is 29.2 Å². The van der Waals surface area contributed by atoms with Gasteiger partial charge < -0.3 is 20.4 Å². The molecule has 3 N–H and O–H groups in total. The van der Waals surface area contributed by atoms with Crippen molar-refractivity contribution in [3.63, 3.8) is 0 Å². The minimum Gasteiger partial charge on any atom is -0.467 e. The number of carbonyl (C=O) groups excluding carboxylic acids is 2. The molecule has 1 aromatic heterocycles. The van der Waals surface area contributed by atoms with Crippen LogP contribution in [0.3, 0.4) is 0 Å². The molecule has 3 amide bonds. The van der Waals surface area contributed by atoms with Gasteiger partial charge in [-0.3, -0.25) is 4.79 Å². The molecule has 3 rings (SSSR count). The van der Waals surface area contributed by atoms with Crippen molar-refractivity contribution in [2.45, 2.75) is 38.1 Å². The molecule has 25 heavy (non-hydrogen) atoms. The Hall–Kier alpha value is -2.76. The van der Waals surface area contributed by atoms with E-state index in [9.17, 15) is 9.59 Å². The fraction of sp³-hybridized carbons (Fsp3) is 0.368. The van der Waals surface area contributed by atoms with Crippen LogP contribution in [0.5, 0.6) is 0 Å². The number of urea groups is 1. The van der Waals surface area contributed by atoms with Gasteiger partial charge in [0.2, 0.25) is 5.91 Å². The molecular formula is C19H23N3O3. The van der Waals surface area contributed by atoms with Crippen LogP contribution in [0.15, 0.2) is 47.1 Å². The van der Waals surface area contributed by atoms with Gasteiger partial charge in [0.15, 0.2) is 0 Å². The third-order valence-electron chi connectivity index (χ3n) is 4.51. The number of anilines is 1. The summed E-state index contributed by atoms with van der Waals surface area (Å²) in [5.74, 6) is 0.382. The first-order valence-corrected chi connectivity index (χ1v) is 8.62. The highest BCUT2D eigenvalue weighted by atomic mass is 16.3. The number of likely N-dealkylation sites (tertiary alicyclic amines) is 1. The van der Waals surface area contributed by atoms with Gasteiger partial charge in [-0.1, -0.05) is 31.0 Å². The molecule has 0 bridgehead atoms. The monoisotopic (exact) mass is 341 g/mol. The quantitative estimate of drug-likeness (QED) is 0.892. The lowest BCUT2D eigenvalue weighted by Gasteiger charge is -2.29. The van der Waals surface area contributed by atoms with Crippen molar-refractivity contribution in [2.24, 2.45) is 5.73 Å². The molecule has 0 aliphatic carbocycles. The van der Waals surface area contributed by atoms with Crippen molar-refractivity contribution in [3.8, 4) is 0 Å². The number of rotatable bonds is 4. The van der Waals surface area contributed by atoms with E-state index in [4.69, 9.17) is 10.2 Å². The first kappa shape index (κ1) is 17.1. The maximum atomic E-state index is 12.9. The normalized spacial score (nSPS) is 17.8. The van der Waals surface area contributed by atoms with Gasteiger partial charge in [0.1, 0.15) is 5.76 Å². The summed E-state index contributed by atoms with van der Waals surface area (Å²) >= 11 is 0. The van der Waals surface area contributed by atoms with E-state index >= 15 is 0 Å². The number of nitrogens with two attached hydrogens (primary N) is 1. The van der Waals surface area contributed by atoms with Gasteiger partial charge >= 0.3 is 6.03 Å². The molecule has 6 nitrogen and oxygen atoms in total. The number of hydrogen-bond acceptors (Lipinski definition) is 3. The third-order valence-corrected chi connectivity index (χ3v) is 4.51. The molecule has 1 atom stereocenters. The maximum absolute atomic E-state index is 12.9. The summed E-state index contributed by atoms with van der Waals surface area (Å²) in [7, 11) is 0. The SMILES string of the molecule is NC(=O)Cc1ccccc1NC(=O)N1CCCCC[C@H]1c1ccco1. The molecule has 132 valence electrons. The fourth-order valence-electron chi connectivity index (χ4n) is 3.30. The van der Waals surface area contributed by atoms with E-state index in [0.717, 1.165) is 31.4 Å². The summed E-state index contributed by atoms with van der Waals surface area (Å²) in [5.41, 5.74) is 6.63. The summed E-state index contributed by atoms with van der Waals surface area (Å²) in [6.45, 7) is 0.676. The lowest BCUT2D eigenvalue weighted by atomic mass is 10.1. The highest BCUT2D eigenvalue weighted by Gasteiger charge is 2.29. The number of para-hydroxylation sites is 1. The average molecular weight is 341 g/mol. The van der Waals surface area contributed by atoms with E-state index in [1.165, 1.54) is 0 Å². The Kier molecular flexibility index (Phi) is 5.38. The third kappa shape index (κ3) is 4.21. The second-order valence-corrected chi connectivity index (χ2v) is 6.30. The van der Waals surface area contributed by atoms with Crippen molar-refractivity contribution in [3.05, 3.63) is 54.0 Å². The minimum absolute atomic E-state index is 0.0687. The Bertz CT molecular complexity index is 727. The second-order valence-electron chi connectivity index (χ2n) is 6.30. The van der Waals surface area contributed by atoms with Crippen molar-refractivity contribution >= 4 is 17.6 Å². The predicted octanol–water partition coefficient (Wildman–Crippen LogP) is 3.46. The minimum atomic E-state index is -0.426. The van der Waals surface area contributed by atoms with Crippen LogP contribution in [-0.2, 0) is 11.2 Å². The number of nitrogens with zero attached hydrogens (tertiary/aromatic N) is 1. The van der Waals surface area contributed by atoms with Gasteiger partial charge in [-0.25, -0.2) is 4.79 Å². The average Bonchev–Trinajstić information content (AvgIpc) is 3.00. The van der Waals surface area contributed by atoms with Crippen LogP contribution in [0.1, 0.15) is 43.0 Å². The molecule has 1 aromatic carbocycles. The van der Waals surface area contributed by atoms with Gasteiger partial charge in [-0.2, -0.15) is 0 Å². The summed E-state index contributed by atoms with van der Waals surface area (Å²) in [4.78, 5) is 26.0. The lowest BCUT2D eigenvalue weighted by molar-refractivity contribution is -0.117. The van der Waals surface area contributed by atoms with Gasteiger partial charge in [-0.15, -0.1) is 0 Å². The summed E-state index contributed by atoms with van der Waals surface area (Å²) < 4.78 is 5.55. The number of carbonyl (C=O) groups is 2. The Labute approximate surface area is 147 Å². The van der Waals surface area contributed by atoms with Gasteiger partial charge in [-0.05, 0) is 36.6 Å². The standard InChI is InChI=1S/C19H23N3O3/c20-18(23)13-14-7-3-4-8-15(14)21-19(24)22-11-5-1-2-9-16(22)17-10-6-12-25-17/h3-4,6-8,10,12,16H,1-2,5,9,11,13H2,(H2,20,23)(H,21,24)/t16-/m0/s1. The molecule has 2 heterocycles. The van der Waals surface area contributed by atoms with Crippen LogP contribution in [0.25, 0.3) is 0 Å². The van der Waals surface area contributed by atoms with Crippen LogP contribution < -0.4 is 11.1 Å². The lowest BCUT2D eigenvalue weighted by Crippen LogP contribution is -2.38. The fourth-order valence-corrected chi connectivity index (χ4v) is 3.30. The van der Waals surface area contributed by atoms with Crippen molar-refractivity contribution in [1.29, 1.82) is 0 Å². The number of primary amides is 1. The molecule has 2 aromatic rings. The van der Waals surface area contributed by atoms with Crippen molar-refractivity contribution in [2.75, 3.05) is 11.9 Å². The molecule has 0 radical (unpaired) electrons. The Morgan fingerprint density at radius 1 is 1.16 bits per heavy atom. The Morgan fingerprint density at radius 2 is 2.00 bits per heavy atom.